The van der Waals surface area contributed by atoms with Crippen LogP contribution < -0.4 is 4.90 Å². The fourth-order valence-electron chi connectivity index (χ4n) is 1.82. The molecule has 0 heterocycles. The molecule has 0 N–H and O–H groups in total. The summed E-state index contributed by atoms with van der Waals surface area (Å²) in [6.45, 7) is 6.41. The maximum Gasteiger partial charge on any atom is 0.0443 e. The van der Waals surface area contributed by atoms with Gasteiger partial charge >= 0.3 is 0 Å². The minimum atomic E-state index is 1.19. The Balaban J connectivity index is 3.60. The monoisotopic (exact) mass is 319 g/mol. The Morgan fingerprint density at radius 1 is 0.786 bits per heavy atom. The van der Waals surface area contributed by atoms with E-state index < -0.39 is 0 Å². The fraction of sp³-hybridized carbons (Fsp3) is 0.455. The highest BCUT2D eigenvalue weighted by molar-refractivity contribution is 9.11. The van der Waals surface area contributed by atoms with Gasteiger partial charge in [-0.1, -0.05) is 31.9 Å². The average Bonchev–Trinajstić information content (AvgIpc) is 2.11. The number of benzene rings is 1. The summed E-state index contributed by atoms with van der Waals surface area (Å²) < 4.78 is 2.39. The van der Waals surface area contributed by atoms with Gasteiger partial charge in [0.2, 0.25) is 0 Å². The number of hydrogen-bond donors (Lipinski definition) is 0. The van der Waals surface area contributed by atoms with Crippen LogP contribution in [0.1, 0.15) is 16.7 Å². The Morgan fingerprint density at radius 3 is 1.43 bits per heavy atom. The Morgan fingerprint density at radius 2 is 1.14 bits per heavy atom. The average molecular weight is 321 g/mol. The number of nitrogens with zero attached hydrogens (tertiary/aromatic N) is 1. The van der Waals surface area contributed by atoms with Crippen molar-refractivity contribution >= 4 is 37.5 Å². The molecule has 0 bridgehead atoms. The molecule has 0 aromatic heterocycles. The van der Waals surface area contributed by atoms with E-state index in [1.807, 2.05) is 0 Å². The summed E-state index contributed by atoms with van der Waals surface area (Å²) >= 11 is 7.25. The number of hydrogen-bond acceptors (Lipinski definition) is 1. The molecule has 0 aliphatic carbocycles. The van der Waals surface area contributed by atoms with Gasteiger partial charge in [0, 0.05) is 28.7 Å². The van der Waals surface area contributed by atoms with Gasteiger partial charge in [-0.25, -0.2) is 0 Å². The normalized spacial score (nSPS) is 10.5. The fourth-order valence-corrected chi connectivity index (χ4v) is 2.86. The van der Waals surface area contributed by atoms with Gasteiger partial charge in [0.1, 0.15) is 0 Å². The van der Waals surface area contributed by atoms with Crippen molar-refractivity contribution in [3.05, 3.63) is 25.6 Å². The number of anilines is 1. The molecule has 78 valence electrons. The molecule has 0 atom stereocenters. The smallest absolute Gasteiger partial charge is 0.0443 e. The van der Waals surface area contributed by atoms with E-state index in [4.69, 9.17) is 0 Å². The summed E-state index contributed by atoms with van der Waals surface area (Å²) in [7, 11) is 4.15. The summed E-state index contributed by atoms with van der Waals surface area (Å²) in [5.41, 5.74) is 5.15. The predicted octanol–water partition coefficient (Wildman–Crippen LogP) is 4.20. The second-order valence-electron chi connectivity index (χ2n) is 3.75. The van der Waals surface area contributed by atoms with Crippen LogP contribution in [-0.4, -0.2) is 14.1 Å². The Hall–Kier alpha value is -0.0200. The lowest BCUT2D eigenvalue weighted by molar-refractivity contribution is 1.08. The van der Waals surface area contributed by atoms with Crippen LogP contribution >= 0.6 is 31.9 Å². The molecule has 1 aromatic carbocycles. The first-order valence-corrected chi connectivity index (χ1v) is 6.08. The van der Waals surface area contributed by atoms with Gasteiger partial charge in [-0.2, -0.15) is 0 Å². The minimum absolute atomic E-state index is 1.19. The van der Waals surface area contributed by atoms with Crippen molar-refractivity contribution in [2.45, 2.75) is 20.8 Å². The van der Waals surface area contributed by atoms with Crippen LogP contribution in [0.3, 0.4) is 0 Å². The van der Waals surface area contributed by atoms with E-state index in [1.165, 1.54) is 31.3 Å². The highest BCUT2D eigenvalue weighted by atomic mass is 79.9. The van der Waals surface area contributed by atoms with Gasteiger partial charge in [-0.15, -0.1) is 0 Å². The molecule has 0 aliphatic heterocycles. The summed E-state index contributed by atoms with van der Waals surface area (Å²) in [6, 6.07) is 0. The van der Waals surface area contributed by atoms with Crippen molar-refractivity contribution in [2.24, 2.45) is 0 Å². The van der Waals surface area contributed by atoms with Crippen LogP contribution in [0.15, 0.2) is 8.95 Å². The van der Waals surface area contributed by atoms with E-state index in [-0.39, 0.29) is 0 Å². The summed E-state index contributed by atoms with van der Waals surface area (Å²) in [4.78, 5) is 2.15. The molecule has 1 rings (SSSR count). The molecule has 1 aromatic rings. The molecule has 0 unspecified atom stereocenters. The molecule has 0 radical (unpaired) electrons. The topological polar surface area (TPSA) is 3.24 Å². The van der Waals surface area contributed by atoms with E-state index in [0.29, 0.717) is 0 Å². The van der Waals surface area contributed by atoms with E-state index in [9.17, 15) is 0 Å². The van der Waals surface area contributed by atoms with Gasteiger partial charge < -0.3 is 4.90 Å². The summed E-state index contributed by atoms with van der Waals surface area (Å²) in [6.07, 6.45) is 0. The third kappa shape index (κ3) is 1.84. The molecule has 0 aliphatic rings. The summed E-state index contributed by atoms with van der Waals surface area (Å²) in [5.74, 6) is 0. The highest BCUT2D eigenvalue weighted by Crippen LogP contribution is 2.38. The maximum absolute atomic E-state index is 3.63. The molecule has 0 amide bonds. The van der Waals surface area contributed by atoms with E-state index >= 15 is 0 Å². The van der Waals surface area contributed by atoms with Gasteiger partial charge in [0.25, 0.3) is 0 Å². The standard InChI is InChI=1S/C11H15Br2N/c1-6-9(12)7(2)11(14(4)5)8(3)10(6)13/h1-5H3. The van der Waals surface area contributed by atoms with Crippen LogP contribution in [0.4, 0.5) is 5.69 Å². The number of halogens is 2. The molecule has 0 spiro atoms. The highest BCUT2D eigenvalue weighted by Gasteiger charge is 2.14. The van der Waals surface area contributed by atoms with E-state index in [2.05, 4.69) is 71.6 Å². The Bertz CT molecular complexity index is 341. The molecular formula is C11H15Br2N. The SMILES string of the molecule is Cc1c(Br)c(C)c(N(C)C)c(C)c1Br. The lowest BCUT2D eigenvalue weighted by Crippen LogP contribution is -2.13. The lowest BCUT2D eigenvalue weighted by atomic mass is 10.0. The minimum Gasteiger partial charge on any atom is -0.377 e. The first kappa shape index (κ1) is 12.1. The molecule has 3 heteroatoms. The molecular weight excluding hydrogens is 306 g/mol. The zero-order valence-corrected chi connectivity index (χ0v) is 12.4. The largest absolute Gasteiger partial charge is 0.377 e. The van der Waals surface area contributed by atoms with Gasteiger partial charge in [-0.3, -0.25) is 0 Å². The first-order chi connectivity index (χ1) is 6.37. The maximum atomic E-state index is 3.63. The molecule has 0 fully saturated rings. The van der Waals surface area contributed by atoms with E-state index in [1.54, 1.807) is 0 Å². The number of rotatable bonds is 1. The molecule has 1 nitrogen and oxygen atoms in total. The molecule has 14 heavy (non-hydrogen) atoms. The summed E-state index contributed by atoms with van der Waals surface area (Å²) in [5, 5.41) is 0. The van der Waals surface area contributed by atoms with Crippen molar-refractivity contribution in [2.75, 3.05) is 19.0 Å². The van der Waals surface area contributed by atoms with Crippen LogP contribution in [0.25, 0.3) is 0 Å². The van der Waals surface area contributed by atoms with Crippen LogP contribution in [-0.2, 0) is 0 Å². The van der Waals surface area contributed by atoms with Crippen molar-refractivity contribution in [3.8, 4) is 0 Å². The van der Waals surface area contributed by atoms with Crippen molar-refractivity contribution in [1.29, 1.82) is 0 Å². The van der Waals surface area contributed by atoms with Gasteiger partial charge in [0.15, 0.2) is 0 Å². The quantitative estimate of drug-likeness (QED) is 0.749. The van der Waals surface area contributed by atoms with Crippen molar-refractivity contribution in [1.82, 2.24) is 0 Å². The van der Waals surface area contributed by atoms with Gasteiger partial charge in [0.05, 0.1) is 0 Å². The molecule has 0 saturated heterocycles. The zero-order chi connectivity index (χ0) is 11.0. The van der Waals surface area contributed by atoms with Gasteiger partial charge in [-0.05, 0) is 37.5 Å². The first-order valence-electron chi connectivity index (χ1n) is 4.50. The predicted molar refractivity (Wildman–Crippen MR) is 70.4 cm³/mol. The van der Waals surface area contributed by atoms with Crippen LogP contribution in [0.2, 0.25) is 0 Å². The second kappa shape index (κ2) is 4.23. The lowest BCUT2D eigenvalue weighted by Gasteiger charge is -2.22. The second-order valence-corrected chi connectivity index (χ2v) is 5.33. The van der Waals surface area contributed by atoms with Crippen molar-refractivity contribution < 1.29 is 0 Å². The third-order valence-electron chi connectivity index (χ3n) is 2.47. The van der Waals surface area contributed by atoms with Crippen molar-refractivity contribution in [3.63, 3.8) is 0 Å². The third-order valence-corrected chi connectivity index (χ3v) is 4.85. The Labute approximate surface area is 103 Å². The van der Waals surface area contributed by atoms with E-state index in [0.717, 1.165) is 0 Å². The molecule has 0 saturated carbocycles. The van der Waals surface area contributed by atoms with Crippen LogP contribution in [0, 0.1) is 20.8 Å². The van der Waals surface area contributed by atoms with Crippen LogP contribution in [0.5, 0.6) is 0 Å². The Kier molecular flexibility index (Phi) is 3.64. The zero-order valence-electron chi connectivity index (χ0n) is 9.20.